The smallest absolute Gasteiger partial charge is 0.123 e. The fourth-order valence-electron chi connectivity index (χ4n) is 1.82. The van der Waals surface area contributed by atoms with Gasteiger partial charge >= 0.3 is 0 Å². The van der Waals surface area contributed by atoms with E-state index in [-0.39, 0.29) is 11.9 Å². The minimum atomic E-state index is -0.215. The summed E-state index contributed by atoms with van der Waals surface area (Å²) >= 11 is 9.53. The van der Waals surface area contributed by atoms with Crippen LogP contribution in [0.15, 0.2) is 46.9 Å². The third-order valence-corrected chi connectivity index (χ3v) is 3.81. The lowest BCUT2D eigenvalue weighted by Gasteiger charge is -2.15. The van der Waals surface area contributed by atoms with Gasteiger partial charge in [-0.25, -0.2) is 4.39 Å². The van der Waals surface area contributed by atoms with Crippen LogP contribution in [-0.4, -0.2) is 0 Å². The van der Waals surface area contributed by atoms with Crippen molar-refractivity contribution in [2.75, 3.05) is 0 Å². The Morgan fingerprint density at radius 2 is 2.05 bits per heavy atom. The van der Waals surface area contributed by atoms with Gasteiger partial charge in [0.2, 0.25) is 0 Å². The minimum absolute atomic E-state index is 0.0652. The molecule has 0 aliphatic heterocycles. The predicted octanol–water partition coefficient (Wildman–Crippen LogP) is 5.09. The SMILES string of the molecule is C[C@H](NCc1ccc(Br)cc1Cl)c1cccc(F)c1. The second kappa shape index (κ2) is 6.51. The van der Waals surface area contributed by atoms with Crippen molar-refractivity contribution in [1.82, 2.24) is 5.32 Å². The van der Waals surface area contributed by atoms with Crippen LogP contribution in [0.25, 0.3) is 0 Å². The van der Waals surface area contributed by atoms with E-state index in [1.807, 2.05) is 31.2 Å². The van der Waals surface area contributed by atoms with Crippen molar-refractivity contribution in [3.8, 4) is 0 Å². The topological polar surface area (TPSA) is 12.0 Å². The van der Waals surface area contributed by atoms with Crippen molar-refractivity contribution in [2.24, 2.45) is 0 Å². The van der Waals surface area contributed by atoms with E-state index in [4.69, 9.17) is 11.6 Å². The normalized spacial score (nSPS) is 12.4. The standard InChI is InChI=1S/C15H14BrClFN/c1-10(11-3-2-4-14(18)7-11)19-9-12-5-6-13(16)8-15(12)17/h2-8,10,19H,9H2,1H3/t10-/m0/s1. The predicted molar refractivity (Wildman–Crippen MR) is 80.8 cm³/mol. The molecule has 0 saturated carbocycles. The summed E-state index contributed by atoms with van der Waals surface area (Å²) < 4.78 is 14.1. The van der Waals surface area contributed by atoms with Gasteiger partial charge in [0.1, 0.15) is 5.82 Å². The van der Waals surface area contributed by atoms with Crippen LogP contribution < -0.4 is 5.32 Å². The number of hydrogen-bond donors (Lipinski definition) is 1. The van der Waals surface area contributed by atoms with E-state index < -0.39 is 0 Å². The number of nitrogens with one attached hydrogen (secondary N) is 1. The maximum atomic E-state index is 13.1. The molecule has 0 unspecified atom stereocenters. The Balaban J connectivity index is 2.02. The van der Waals surface area contributed by atoms with Crippen LogP contribution in [0.4, 0.5) is 4.39 Å². The molecule has 1 N–H and O–H groups in total. The molecule has 19 heavy (non-hydrogen) atoms. The summed E-state index contributed by atoms with van der Waals surface area (Å²) in [6, 6.07) is 12.5. The molecule has 0 aliphatic carbocycles. The van der Waals surface area contributed by atoms with E-state index in [0.717, 1.165) is 15.6 Å². The van der Waals surface area contributed by atoms with Crippen LogP contribution in [0.1, 0.15) is 24.1 Å². The molecule has 1 atom stereocenters. The summed E-state index contributed by atoms with van der Waals surface area (Å²) in [4.78, 5) is 0. The van der Waals surface area contributed by atoms with Crippen molar-refractivity contribution in [2.45, 2.75) is 19.5 Å². The molecule has 0 fully saturated rings. The lowest BCUT2D eigenvalue weighted by atomic mass is 10.1. The molecule has 0 saturated heterocycles. The number of hydrogen-bond acceptors (Lipinski definition) is 1. The summed E-state index contributed by atoms with van der Waals surface area (Å²) in [6.07, 6.45) is 0. The molecule has 0 aromatic heterocycles. The molecule has 0 spiro atoms. The van der Waals surface area contributed by atoms with Gasteiger partial charge < -0.3 is 5.32 Å². The zero-order valence-electron chi connectivity index (χ0n) is 10.5. The first kappa shape index (κ1) is 14.5. The average Bonchev–Trinajstić information content (AvgIpc) is 2.37. The quantitative estimate of drug-likeness (QED) is 0.816. The van der Waals surface area contributed by atoms with E-state index >= 15 is 0 Å². The van der Waals surface area contributed by atoms with Gasteiger partial charge in [0, 0.05) is 22.1 Å². The van der Waals surface area contributed by atoms with Crippen LogP contribution in [0.3, 0.4) is 0 Å². The van der Waals surface area contributed by atoms with Crippen molar-refractivity contribution in [1.29, 1.82) is 0 Å². The molecule has 0 amide bonds. The van der Waals surface area contributed by atoms with Crippen LogP contribution >= 0.6 is 27.5 Å². The maximum absolute atomic E-state index is 13.1. The molecule has 1 nitrogen and oxygen atoms in total. The Kier molecular flexibility index (Phi) is 4.97. The van der Waals surface area contributed by atoms with Gasteiger partial charge in [-0.15, -0.1) is 0 Å². The highest BCUT2D eigenvalue weighted by atomic mass is 79.9. The Hall–Kier alpha value is -0.900. The summed E-state index contributed by atoms with van der Waals surface area (Å²) in [6.45, 7) is 2.64. The highest BCUT2D eigenvalue weighted by molar-refractivity contribution is 9.10. The van der Waals surface area contributed by atoms with Crippen molar-refractivity contribution in [3.05, 3.63) is 68.9 Å². The van der Waals surface area contributed by atoms with Gasteiger partial charge in [-0.1, -0.05) is 45.7 Å². The average molecular weight is 343 g/mol. The van der Waals surface area contributed by atoms with Crippen LogP contribution in [-0.2, 0) is 6.54 Å². The summed E-state index contributed by atoms with van der Waals surface area (Å²) in [5, 5.41) is 4.05. The van der Waals surface area contributed by atoms with Gasteiger partial charge in [0.25, 0.3) is 0 Å². The van der Waals surface area contributed by atoms with Crippen molar-refractivity contribution < 1.29 is 4.39 Å². The molecular weight excluding hydrogens is 329 g/mol. The molecule has 0 radical (unpaired) electrons. The first-order valence-electron chi connectivity index (χ1n) is 5.99. The Bertz CT molecular complexity index is 574. The largest absolute Gasteiger partial charge is 0.306 e. The van der Waals surface area contributed by atoms with Crippen LogP contribution in [0.2, 0.25) is 5.02 Å². The van der Waals surface area contributed by atoms with Crippen LogP contribution in [0, 0.1) is 5.82 Å². The van der Waals surface area contributed by atoms with E-state index in [9.17, 15) is 4.39 Å². The third kappa shape index (κ3) is 4.03. The molecular formula is C15H14BrClFN. The first-order chi connectivity index (χ1) is 9.06. The number of benzene rings is 2. The van der Waals surface area contributed by atoms with Gasteiger partial charge in [0.15, 0.2) is 0 Å². The number of halogens is 3. The summed E-state index contributed by atoms with van der Waals surface area (Å²) in [7, 11) is 0. The van der Waals surface area contributed by atoms with Crippen molar-refractivity contribution in [3.63, 3.8) is 0 Å². The fraction of sp³-hybridized carbons (Fsp3) is 0.200. The number of rotatable bonds is 4. The Labute approximate surface area is 125 Å². The zero-order valence-corrected chi connectivity index (χ0v) is 12.8. The van der Waals surface area contributed by atoms with Gasteiger partial charge in [-0.3, -0.25) is 0 Å². The molecule has 2 rings (SSSR count). The van der Waals surface area contributed by atoms with E-state index in [2.05, 4.69) is 21.2 Å². The third-order valence-electron chi connectivity index (χ3n) is 2.96. The molecule has 0 bridgehead atoms. The van der Waals surface area contributed by atoms with Gasteiger partial charge in [-0.05, 0) is 42.3 Å². The first-order valence-corrected chi connectivity index (χ1v) is 7.16. The molecule has 100 valence electrons. The monoisotopic (exact) mass is 341 g/mol. The van der Waals surface area contributed by atoms with E-state index in [0.29, 0.717) is 11.6 Å². The fourth-order valence-corrected chi connectivity index (χ4v) is 2.56. The molecule has 0 aliphatic rings. The Morgan fingerprint density at radius 1 is 1.26 bits per heavy atom. The second-order valence-corrected chi connectivity index (χ2v) is 5.72. The Morgan fingerprint density at radius 3 is 2.74 bits per heavy atom. The highest BCUT2D eigenvalue weighted by Crippen LogP contribution is 2.22. The second-order valence-electron chi connectivity index (χ2n) is 4.39. The van der Waals surface area contributed by atoms with Crippen molar-refractivity contribution >= 4 is 27.5 Å². The molecule has 0 heterocycles. The summed E-state index contributed by atoms with van der Waals surface area (Å²) in [5.74, 6) is -0.215. The van der Waals surface area contributed by atoms with Crippen LogP contribution in [0.5, 0.6) is 0 Å². The van der Waals surface area contributed by atoms with Gasteiger partial charge in [0.05, 0.1) is 0 Å². The molecule has 4 heteroatoms. The molecule has 2 aromatic carbocycles. The van der Waals surface area contributed by atoms with E-state index in [1.165, 1.54) is 6.07 Å². The minimum Gasteiger partial charge on any atom is -0.306 e. The lowest BCUT2D eigenvalue weighted by Crippen LogP contribution is -2.18. The van der Waals surface area contributed by atoms with Gasteiger partial charge in [-0.2, -0.15) is 0 Å². The summed E-state index contributed by atoms with van der Waals surface area (Å²) in [5.41, 5.74) is 1.95. The lowest BCUT2D eigenvalue weighted by molar-refractivity contribution is 0.565. The maximum Gasteiger partial charge on any atom is 0.123 e. The van der Waals surface area contributed by atoms with E-state index in [1.54, 1.807) is 12.1 Å². The highest BCUT2D eigenvalue weighted by Gasteiger charge is 2.07. The zero-order chi connectivity index (χ0) is 13.8. The molecule has 2 aromatic rings.